The molecular formula is C20H31FIN3O2S. The average Bonchev–Trinajstić information content (AvgIpc) is 3.19. The number of sulfone groups is 1. The first-order valence-corrected chi connectivity index (χ1v) is 11.6. The lowest BCUT2D eigenvalue weighted by molar-refractivity contribution is 0.449. The van der Waals surface area contributed by atoms with Crippen LogP contribution in [0.25, 0.3) is 0 Å². The van der Waals surface area contributed by atoms with Crippen LogP contribution >= 0.6 is 24.0 Å². The number of rotatable bonds is 5. The van der Waals surface area contributed by atoms with Gasteiger partial charge in [0, 0.05) is 25.7 Å². The average molecular weight is 523 g/mol. The quantitative estimate of drug-likeness (QED) is 0.366. The molecule has 0 aliphatic carbocycles. The Labute approximate surface area is 185 Å². The van der Waals surface area contributed by atoms with Crippen molar-refractivity contribution >= 4 is 39.8 Å². The Morgan fingerprint density at radius 1 is 1.25 bits per heavy atom. The van der Waals surface area contributed by atoms with Crippen LogP contribution in [0.4, 0.5) is 4.39 Å². The zero-order valence-corrected chi connectivity index (χ0v) is 19.8. The highest BCUT2D eigenvalue weighted by Crippen LogP contribution is 2.22. The largest absolute Gasteiger partial charge is 0.354 e. The van der Waals surface area contributed by atoms with Gasteiger partial charge in [-0.15, -0.1) is 24.0 Å². The van der Waals surface area contributed by atoms with Gasteiger partial charge >= 0.3 is 0 Å². The molecule has 158 valence electrons. The molecular weight excluding hydrogens is 492 g/mol. The summed E-state index contributed by atoms with van der Waals surface area (Å²) >= 11 is 0. The zero-order chi connectivity index (χ0) is 19.4. The maximum absolute atomic E-state index is 13.1. The van der Waals surface area contributed by atoms with E-state index in [1.54, 1.807) is 0 Å². The number of nitrogens with zero attached hydrogens (tertiary/aromatic N) is 2. The first-order valence-electron chi connectivity index (χ1n) is 9.81. The number of halogens is 2. The number of likely N-dealkylation sites (tertiary alicyclic amines) is 1. The second-order valence-electron chi connectivity index (χ2n) is 8.16. The van der Waals surface area contributed by atoms with Gasteiger partial charge in [0.15, 0.2) is 15.8 Å². The van der Waals surface area contributed by atoms with Crippen molar-refractivity contribution in [3.05, 3.63) is 35.6 Å². The van der Waals surface area contributed by atoms with Crippen molar-refractivity contribution in [3.8, 4) is 0 Å². The van der Waals surface area contributed by atoms with Gasteiger partial charge in [-0.3, -0.25) is 4.99 Å². The van der Waals surface area contributed by atoms with Crippen molar-refractivity contribution in [2.75, 3.05) is 31.1 Å². The van der Waals surface area contributed by atoms with Gasteiger partial charge in [-0.2, -0.15) is 0 Å². The van der Waals surface area contributed by atoms with E-state index in [1.807, 2.05) is 12.1 Å². The number of hydrogen-bond donors (Lipinski definition) is 1. The molecule has 5 nitrogen and oxygen atoms in total. The minimum absolute atomic E-state index is 0. The highest BCUT2D eigenvalue weighted by Gasteiger charge is 2.29. The van der Waals surface area contributed by atoms with Crippen LogP contribution in [0.2, 0.25) is 0 Å². The third-order valence-corrected chi connectivity index (χ3v) is 7.10. The van der Waals surface area contributed by atoms with Gasteiger partial charge in [0.25, 0.3) is 0 Å². The third kappa shape index (κ3) is 6.86. The van der Waals surface area contributed by atoms with E-state index in [0.29, 0.717) is 24.6 Å². The second-order valence-corrected chi connectivity index (χ2v) is 10.4. The Morgan fingerprint density at radius 2 is 1.96 bits per heavy atom. The highest BCUT2D eigenvalue weighted by atomic mass is 127. The molecule has 0 bridgehead atoms. The van der Waals surface area contributed by atoms with E-state index >= 15 is 0 Å². The van der Waals surface area contributed by atoms with E-state index in [4.69, 9.17) is 4.99 Å². The summed E-state index contributed by atoms with van der Waals surface area (Å²) in [6, 6.07) is 7.03. The van der Waals surface area contributed by atoms with E-state index in [-0.39, 0.29) is 47.5 Å². The molecule has 1 aromatic carbocycles. The highest BCUT2D eigenvalue weighted by molar-refractivity contribution is 14.0. The van der Waals surface area contributed by atoms with Crippen LogP contribution in [-0.4, -0.2) is 56.5 Å². The molecule has 0 saturated carbocycles. The van der Waals surface area contributed by atoms with Crippen molar-refractivity contribution in [2.45, 2.75) is 39.2 Å². The van der Waals surface area contributed by atoms with Crippen LogP contribution in [-0.2, 0) is 16.3 Å². The van der Waals surface area contributed by atoms with E-state index in [1.165, 1.54) is 12.1 Å². The van der Waals surface area contributed by atoms with Crippen LogP contribution in [0.1, 0.15) is 32.3 Å². The minimum atomic E-state index is -2.86. The smallest absolute Gasteiger partial charge is 0.194 e. The van der Waals surface area contributed by atoms with Crippen LogP contribution < -0.4 is 5.32 Å². The third-order valence-electron chi connectivity index (χ3n) is 5.27. The molecule has 2 aliphatic rings. The molecule has 2 fully saturated rings. The number of aliphatic imine (C=N–C) groups is 1. The van der Waals surface area contributed by atoms with E-state index in [9.17, 15) is 12.8 Å². The first kappa shape index (κ1) is 23.4. The Kier molecular flexibility index (Phi) is 8.54. The number of guanidine groups is 1. The molecule has 2 unspecified atom stereocenters. The summed E-state index contributed by atoms with van der Waals surface area (Å²) in [6.45, 7) is 6.59. The molecule has 3 rings (SSSR count). The maximum atomic E-state index is 13.1. The lowest BCUT2D eigenvalue weighted by Gasteiger charge is -2.24. The second kappa shape index (κ2) is 10.2. The lowest BCUT2D eigenvalue weighted by atomic mass is 9.99. The van der Waals surface area contributed by atoms with Crippen LogP contribution in [0.3, 0.4) is 0 Å². The predicted octanol–water partition coefficient (Wildman–Crippen LogP) is 3.10. The topological polar surface area (TPSA) is 61.8 Å². The van der Waals surface area contributed by atoms with Gasteiger partial charge in [-0.25, -0.2) is 12.8 Å². The summed E-state index contributed by atoms with van der Waals surface area (Å²) < 4.78 is 36.4. The van der Waals surface area contributed by atoms with Gasteiger partial charge < -0.3 is 10.2 Å². The summed E-state index contributed by atoms with van der Waals surface area (Å²) in [4.78, 5) is 7.04. The normalized spacial score (nSPS) is 24.4. The summed E-state index contributed by atoms with van der Waals surface area (Å²) in [6.07, 6.45) is 2.73. The molecule has 2 atom stereocenters. The molecule has 1 N–H and O–H groups in total. The van der Waals surface area contributed by atoms with Gasteiger partial charge in [0.1, 0.15) is 5.82 Å². The van der Waals surface area contributed by atoms with E-state index in [2.05, 4.69) is 24.1 Å². The Balaban J connectivity index is 0.00000280. The molecule has 0 radical (unpaired) electrons. The molecule has 0 amide bonds. The summed E-state index contributed by atoms with van der Waals surface area (Å²) in [5, 5.41) is 3.44. The predicted molar refractivity (Wildman–Crippen MR) is 123 cm³/mol. The molecule has 0 spiro atoms. The van der Waals surface area contributed by atoms with Crippen molar-refractivity contribution in [3.63, 3.8) is 0 Å². The fourth-order valence-corrected chi connectivity index (χ4v) is 5.72. The fraction of sp³-hybridized carbons (Fsp3) is 0.650. The SMILES string of the molecule is CC(C)NC(=NCC1CCS(=O)(=O)C1)N1CCC(Cc2ccc(F)cc2)C1.I. The van der Waals surface area contributed by atoms with Crippen molar-refractivity contribution in [1.29, 1.82) is 0 Å². The summed E-state index contributed by atoms with van der Waals surface area (Å²) in [7, 11) is -2.86. The Hall–Kier alpha value is -0.900. The molecule has 2 aliphatic heterocycles. The van der Waals surface area contributed by atoms with Crippen molar-refractivity contribution in [2.24, 2.45) is 16.8 Å². The van der Waals surface area contributed by atoms with E-state index < -0.39 is 9.84 Å². The minimum Gasteiger partial charge on any atom is -0.354 e. The number of hydrogen-bond acceptors (Lipinski definition) is 3. The molecule has 0 aromatic heterocycles. The van der Waals surface area contributed by atoms with E-state index in [0.717, 1.165) is 37.5 Å². The molecule has 28 heavy (non-hydrogen) atoms. The van der Waals surface area contributed by atoms with Crippen molar-refractivity contribution in [1.82, 2.24) is 10.2 Å². The zero-order valence-electron chi connectivity index (χ0n) is 16.6. The Morgan fingerprint density at radius 3 is 2.57 bits per heavy atom. The van der Waals surface area contributed by atoms with Gasteiger partial charge in [-0.05, 0) is 62.6 Å². The number of nitrogens with one attached hydrogen (secondary N) is 1. The monoisotopic (exact) mass is 523 g/mol. The molecule has 1 aromatic rings. The van der Waals surface area contributed by atoms with Crippen molar-refractivity contribution < 1.29 is 12.8 Å². The molecule has 2 saturated heterocycles. The van der Waals surface area contributed by atoms with Gasteiger partial charge in [-0.1, -0.05) is 12.1 Å². The summed E-state index contributed by atoms with van der Waals surface area (Å²) in [5.74, 6) is 1.90. The van der Waals surface area contributed by atoms with Gasteiger partial charge in [0.05, 0.1) is 11.5 Å². The maximum Gasteiger partial charge on any atom is 0.194 e. The van der Waals surface area contributed by atoms with Gasteiger partial charge in [0.2, 0.25) is 0 Å². The first-order chi connectivity index (χ1) is 12.8. The number of benzene rings is 1. The molecule has 8 heteroatoms. The standard InChI is InChI=1S/C20H30FN3O2S.HI/c1-15(2)23-20(22-12-18-8-10-27(25,26)14-18)24-9-7-17(13-24)11-16-3-5-19(21)6-4-16;/h3-6,15,17-18H,7-14H2,1-2H3,(H,22,23);1H. The Bertz CT molecular complexity index is 768. The van der Waals surface area contributed by atoms with Crippen LogP contribution in [0, 0.1) is 17.7 Å². The lowest BCUT2D eigenvalue weighted by Crippen LogP contribution is -2.43. The summed E-state index contributed by atoms with van der Waals surface area (Å²) in [5.41, 5.74) is 1.16. The molecule has 2 heterocycles. The fourth-order valence-electron chi connectivity index (χ4n) is 3.87. The van der Waals surface area contributed by atoms with Crippen LogP contribution in [0.5, 0.6) is 0 Å². The van der Waals surface area contributed by atoms with Crippen LogP contribution in [0.15, 0.2) is 29.3 Å².